The Morgan fingerprint density at radius 3 is 2.59 bits per heavy atom. The van der Waals surface area contributed by atoms with Gasteiger partial charge in [-0.15, -0.1) is 0 Å². The van der Waals surface area contributed by atoms with Crippen molar-refractivity contribution in [2.75, 3.05) is 31.2 Å². The van der Waals surface area contributed by atoms with Crippen molar-refractivity contribution in [3.63, 3.8) is 0 Å². The first-order valence-electron chi connectivity index (χ1n) is 11.8. The molecule has 2 aromatic carbocycles. The number of thioether (sulfide) groups is 1. The fourth-order valence-corrected chi connectivity index (χ4v) is 5.27. The zero-order valence-corrected chi connectivity index (χ0v) is 20.4. The minimum Gasteiger partial charge on any atom is -0.329 e. The number of amides is 2. The second-order valence-corrected chi connectivity index (χ2v) is 9.86. The lowest BCUT2D eigenvalue weighted by Crippen LogP contribution is -2.48. The van der Waals surface area contributed by atoms with Gasteiger partial charge in [0.05, 0.1) is 29.3 Å². The number of imidazole rings is 1. The summed E-state index contributed by atoms with van der Waals surface area (Å²) in [5, 5.41) is -0.197. The van der Waals surface area contributed by atoms with Crippen molar-refractivity contribution >= 4 is 46.0 Å². The van der Waals surface area contributed by atoms with Gasteiger partial charge in [0.2, 0.25) is 5.95 Å². The molecule has 0 N–H and O–H groups in total. The predicted molar refractivity (Wildman–Crippen MR) is 137 cm³/mol. The van der Waals surface area contributed by atoms with Crippen LogP contribution in [0.15, 0.2) is 53.4 Å². The molecule has 0 atom stereocenters. The summed E-state index contributed by atoms with van der Waals surface area (Å²) in [7, 11) is 0. The van der Waals surface area contributed by atoms with E-state index in [0.29, 0.717) is 24.7 Å². The molecular weight excluding hydrogens is 446 g/mol. The van der Waals surface area contributed by atoms with Crippen molar-refractivity contribution in [2.45, 2.75) is 33.4 Å². The van der Waals surface area contributed by atoms with Gasteiger partial charge >= 0.3 is 0 Å². The van der Waals surface area contributed by atoms with Gasteiger partial charge in [-0.25, -0.2) is 4.98 Å². The molecule has 3 aromatic rings. The summed E-state index contributed by atoms with van der Waals surface area (Å²) >= 11 is 1.03. The smallest absolute Gasteiger partial charge is 0.293 e. The molecule has 3 heterocycles. The highest BCUT2D eigenvalue weighted by atomic mass is 32.2. The molecule has 7 nitrogen and oxygen atoms in total. The van der Waals surface area contributed by atoms with E-state index in [1.54, 1.807) is 0 Å². The Morgan fingerprint density at radius 1 is 1.00 bits per heavy atom. The largest absolute Gasteiger partial charge is 0.329 e. The fraction of sp³-hybridized carbons (Fsp3) is 0.346. The Labute approximate surface area is 204 Å². The first-order valence-corrected chi connectivity index (χ1v) is 12.6. The van der Waals surface area contributed by atoms with E-state index < -0.39 is 0 Å². The SMILES string of the molecule is CCCCN1CN(CCN2C(=O)S/C(=C\c3ccc(C)cc3)C2=O)Cn2c1nc1ccccc12. The highest BCUT2D eigenvalue weighted by molar-refractivity contribution is 8.18. The van der Waals surface area contributed by atoms with Crippen molar-refractivity contribution in [1.29, 1.82) is 0 Å². The first-order chi connectivity index (χ1) is 16.5. The molecule has 2 aliphatic rings. The maximum absolute atomic E-state index is 13.0. The molecule has 0 bridgehead atoms. The quantitative estimate of drug-likeness (QED) is 0.452. The van der Waals surface area contributed by atoms with Crippen LogP contribution in [0.3, 0.4) is 0 Å². The molecule has 34 heavy (non-hydrogen) atoms. The number of carbonyl (C=O) groups excluding carboxylic acids is 2. The summed E-state index contributed by atoms with van der Waals surface area (Å²) < 4.78 is 2.24. The van der Waals surface area contributed by atoms with Gasteiger partial charge in [-0.3, -0.25) is 24.0 Å². The maximum Gasteiger partial charge on any atom is 0.293 e. The van der Waals surface area contributed by atoms with E-state index in [4.69, 9.17) is 4.98 Å². The summed E-state index contributed by atoms with van der Waals surface area (Å²) in [6.45, 7) is 7.56. The maximum atomic E-state index is 13.0. The van der Waals surface area contributed by atoms with Gasteiger partial charge in [0.1, 0.15) is 0 Å². The van der Waals surface area contributed by atoms with Crippen molar-refractivity contribution < 1.29 is 9.59 Å². The zero-order valence-electron chi connectivity index (χ0n) is 19.6. The molecule has 0 aliphatic carbocycles. The van der Waals surface area contributed by atoms with Gasteiger partial charge < -0.3 is 4.90 Å². The molecular formula is C26H29N5O2S. The minimum atomic E-state index is -0.204. The number of para-hydroxylation sites is 2. The number of hydrogen-bond acceptors (Lipinski definition) is 6. The topological polar surface area (TPSA) is 61.7 Å². The van der Waals surface area contributed by atoms with Gasteiger partial charge in [0.25, 0.3) is 11.1 Å². The highest BCUT2D eigenvalue weighted by Gasteiger charge is 2.35. The van der Waals surface area contributed by atoms with Gasteiger partial charge in [-0.2, -0.15) is 0 Å². The van der Waals surface area contributed by atoms with Crippen LogP contribution in [0.4, 0.5) is 10.7 Å². The molecule has 2 amide bonds. The highest BCUT2D eigenvalue weighted by Crippen LogP contribution is 2.32. The lowest BCUT2D eigenvalue weighted by atomic mass is 10.1. The number of unbranched alkanes of at least 4 members (excludes halogenated alkanes) is 1. The number of aryl methyl sites for hydroxylation is 1. The molecule has 1 fully saturated rings. The normalized spacial score (nSPS) is 17.9. The number of benzene rings is 2. The number of fused-ring (bicyclic) bond motifs is 3. The van der Waals surface area contributed by atoms with Crippen molar-refractivity contribution in [3.8, 4) is 0 Å². The lowest BCUT2D eigenvalue weighted by Gasteiger charge is -2.37. The van der Waals surface area contributed by atoms with Crippen molar-refractivity contribution in [3.05, 3.63) is 64.6 Å². The third kappa shape index (κ3) is 4.48. The summed E-state index contributed by atoms with van der Waals surface area (Å²) in [5.74, 6) is 0.794. The Hall–Kier alpha value is -3.10. The Bertz CT molecular complexity index is 1250. The molecule has 8 heteroatoms. The van der Waals surface area contributed by atoms with Crippen LogP contribution in [0.25, 0.3) is 17.1 Å². The summed E-state index contributed by atoms with van der Waals surface area (Å²) in [6, 6.07) is 16.1. The summed E-state index contributed by atoms with van der Waals surface area (Å²) in [4.78, 5) is 36.9. The third-order valence-electron chi connectivity index (χ3n) is 6.30. The van der Waals surface area contributed by atoms with Crippen LogP contribution in [-0.4, -0.2) is 56.8 Å². The second-order valence-electron chi connectivity index (χ2n) is 8.87. The zero-order chi connectivity index (χ0) is 23.7. The molecule has 0 saturated carbocycles. The minimum absolute atomic E-state index is 0.197. The lowest BCUT2D eigenvalue weighted by molar-refractivity contribution is -0.122. The molecule has 1 saturated heterocycles. The van der Waals surface area contributed by atoms with E-state index in [2.05, 4.69) is 27.4 Å². The van der Waals surface area contributed by atoms with E-state index in [9.17, 15) is 9.59 Å². The van der Waals surface area contributed by atoms with E-state index in [1.165, 1.54) is 4.90 Å². The number of carbonyl (C=O) groups is 2. The standard InChI is InChI=1S/C26H29N5O2S/c1-3-4-13-29-17-28(18-31-22-8-6-5-7-21(22)27-25(29)31)14-15-30-24(32)23(34-26(30)33)16-20-11-9-19(2)10-12-20/h5-12,16H,3-4,13-15,17-18H2,1-2H3/b23-16-. The first kappa shape index (κ1) is 22.7. The predicted octanol–water partition coefficient (Wildman–Crippen LogP) is 4.92. The number of anilines is 1. The molecule has 0 spiro atoms. The number of imide groups is 1. The molecule has 2 aliphatic heterocycles. The van der Waals surface area contributed by atoms with Crippen LogP contribution in [-0.2, 0) is 11.5 Å². The van der Waals surface area contributed by atoms with Crippen molar-refractivity contribution in [2.24, 2.45) is 0 Å². The number of hydrogen-bond donors (Lipinski definition) is 0. The molecule has 176 valence electrons. The molecule has 1 aromatic heterocycles. The van der Waals surface area contributed by atoms with Gasteiger partial charge in [0.15, 0.2) is 0 Å². The fourth-order valence-electron chi connectivity index (χ4n) is 4.40. The van der Waals surface area contributed by atoms with Gasteiger partial charge in [-0.05, 0) is 48.9 Å². The summed E-state index contributed by atoms with van der Waals surface area (Å²) in [5.41, 5.74) is 4.19. The van der Waals surface area contributed by atoms with Crippen LogP contribution in [0, 0.1) is 6.92 Å². The number of nitrogens with zero attached hydrogens (tertiary/aromatic N) is 5. The molecule has 5 rings (SSSR count). The average Bonchev–Trinajstić information content (AvgIpc) is 3.34. The van der Waals surface area contributed by atoms with Gasteiger partial charge in [0, 0.05) is 19.6 Å². The van der Waals surface area contributed by atoms with Crippen LogP contribution in [0.2, 0.25) is 0 Å². The van der Waals surface area contributed by atoms with Crippen LogP contribution in [0.1, 0.15) is 30.9 Å². The van der Waals surface area contributed by atoms with E-state index in [0.717, 1.165) is 65.9 Å². The third-order valence-corrected chi connectivity index (χ3v) is 7.21. The number of aromatic nitrogens is 2. The van der Waals surface area contributed by atoms with Gasteiger partial charge in [-0.1, -0.05) is 55.3 Å². The summed E-state index contributed by atoms with van der Waals surface area (Å²) in [6.07, 6.45) is 4.01. The van der Waals surface area contributed by atoms with E-state index in [-0.39, 0.29) is 11.1 Å². The number of rotatable bonds is 7. The Kier molecular flexibility index (Phi) is 6.43. The van der Waals surface area contributed by atoms with E-state index >= 15 is 0 Å². The van der Waals surface area contributed by atoms with E-state index in [1.807, 2.05) is 55.5 Å². The second kappa shape index (κ2) is 9.64. The van der Waals surface area contributed by atoms with Crippen LogP contribution in [0.5, 0.6) is 0 Å². The Morgan fingerprint density at radius 2 is 1.79 bits per heavy atom. The molecule has 0 radical (unpaired) electrons. The Balaban J connectivity index is 1.30. The van der Waals surface area contributed by atoms with Crippen LogP contribution >= 0.6 is 11.8 Å². The average molecular weight is 476 g/mol. The van der Waals surface area contributed by atoms with Crippen molar-refractivity contribution in [1.82, 2.24) is 19.4 Å². The van der Waals surface area contributed by atoms with Crippen LogP contribution < -0.4 is 4.90 Å². The molecule has 0 unspecified atom stereocenters. The monoisotopic (exact) mass is 475 g/mol.